The Hall–Kier alpha value is -2.08. The van der Waals surface area contributed by atoms with E-state index >= 15 is 0 Å². The van der Waals surface area contributed by atoms with E-state index in [0.29, 0.717) is 11.3 Å². The summed E-state index contributed by atoms with van der Waals surface area (Å²) in [4.78, 5) is 11.7. The lowest BCUT2D eigenvalue weighted by Crippen LogP contribution is -2.28. The van der Waals surface area contributed by atoms with Gasteiger partial charge < -0.3 is 15.8 Å². The zero-order valence-electron chi connectivity index (χ0n) is 11.3. The molecule has 0 aliphatic rings. The zero-order valence-corrected chi connectivity index (χ0v) is 12.9. The molecule has 2 rings (SSSR count). The fourth-order valence-corrected chi connectivity index (χ4v) is 2.31. The van der Waals surface area contributed by atoms with Gasteiger partial charge in [-0.3, -0.25) is 4.79 Å². The molecule has 6 heteroatoms. The molecule has 1 atom stereocenters. The standard InChI is InChI=1S/C15H14BrFN2O2/c1-21-13-7-6-9(8-11(13)17)14(15(18)20)19-12-5-3-2-4-10(12)16/h2-8,14,19H,1H3,(H2,18,20). The lowest BCUT2D eigenvalue weighted by molar-refractivity contribution is -0.118. The second kappa shape index (κ2) is 6.58. The maximum atomic E-state index is 13.8. The van der Waals surface area contributed by atoms with Crippen LogP contribution in [0.3, 0.4) is 0 Å². The summed E-state index contributed by atoms with van der Waals surface area (Å²) in [7, 11) is 1.38. The van der Waals surface area contributed by atoms with Crippen molar-refractivity contribution in [2.75, 3.05) is 12.4 Å². The van der Waals surface area contributed by atoms with Crippen LogP contribution < -0.4 is 15.8 Å². The van der Waals surface area contributed by atoms with Crippen molar-refractivity contribution in [3.63, 3.8) is 0 Å². The van der Waals surface area contributed by atoms with Crippen LogP contribution in [0.15, 0.2) is 46.9 Å². The predicted octanol–water partition coefficient (Wildman–Crippen LogP) is 3.24. The highest BCUT2D eigenvalue weighted by Gasteiger charge is 2.20. The summed E-state index contributed by atoms with van der Waals surface area (Å²) in [6.07, 6.45) is 0. The first-order valence-electron chi connectivity index (χ1n) is 6.16. The molecule has 0 aliphatic heterocycles. The number of para-hydroxylation sites is 1. The number of halogens is 2. The third-order valence-electron chi connectivity index (χ3n) is 2.97. The maximum absolute atomic E-state index is 13.8. The second-order valence-corrected chi connectivity index (χ2v) is 5.21. The number of carbonyl (C=O) groups is 1. The fourth-order valence-electron chi connectivity index (χ4n) is 1.91. The molecular formula is C15H14BrFN2O2. The molecule has 0 saturated carbocycles. The van der Waals surface area contributed by atoms with Crippen molar-refractivity contribution in [2.45, 2.75) is 6.04 Å². The van der Waals surface area contributed by atoms with Crippen LogP contribution in [-0.2, 0) is 4.79 Å². The van der Waals surface area contributed by atoms with E-state index in [0.717, 1.165) is 4.47 Å². The van der Waals surface area contributed by atoms with Crippen LogP contribution >= 0.6 is 15.9 Å². The van der Waals surface area contributed by atoms with Gasteiger partial charge in [-0.1, -0.05) is 18.2 Å². The summed E-state index contributed by atoms with van der Waals surface area (Å²) in [5.41, 5.74) is 6.54. The van der Waals surface area contributed by atoms with E-state index in [-0.39, 0.29) is 5.75 Å². The number of hydrogen-bond acceptors (Lipinski definition) is 3. The fraction of sp³-hybridized carbons (Fsp3) is 0.133. The highest BCUT2D eigenvalue weighted by Crippen LogP contribution is 2.28. The Labute approximate surface area is 130 Å². The van der Waals surface area contributed by atoms with Crippen molar-refractivity contribution in [1.29, 1.82) is 0 Å². The van der Waals surface area contributed by atoms with Crippen LogP contribution in [-0.4, -0.2) is 13.0 Å². The van der Waals surface area contributed by atoms with Gasteiger partial charge in [-0.25, -0.2) is 4.39 Å². The molecule has 0 radical (unpaired) electrons. The molecule has 0 fully saturated rings. The Bertz CT molecular complexity index is 664. The van der Waals surface area contributed by atoms with Crippen LogP contribution in [0.25, 0.3) is 0 Å². The number of rotatable bonds is 5. The number of benzene rings is 2. The first-order valence-corrected chi connectivity index (χ1v) is 6.96. The number of hydrogen-bond donors (Lipinski definition) is 2. The summed E-state index contributed by atoms with van der Waals surface area (Å²) in [5.74, 6) is -1.03. The molecule has 2 aromatic rings. The lowest BCUT2D eigenvalue weighted by Gasteiger charge is -2.18. The maximum Gasteiger partial charge on any atom is 0.244 e. The van der Waals surface area contributed by atoms with Crippen LogP contribution in [0.2, 0.25) is 0 Å². The van der Waals surface area contributed by atoms with Crippen molar-refractivity contribution in [2.24, 2.45) is 5.73 Å². The molecular weight excluding hydrogens is 339 g/mol. The summed E-state index contributed by atoms with van der Waals surface area (Å²) in [6, 6.07) is 10.7. The van der Waals surface area contributed by atoms with Crippen LogP contribution in [0.5, 0.6) is 5.75 Å². The van der Waals surface area contributed by atoms with E-state index in [9.17, 15) is 9.18 Å². The van der Waals surface area contributed by atoms with Crippen LogP contribution in [0, 0.1) is 5.82 Å². The van der Waals surface area contributed by atoms with Gasteiger partial charge in [0.1, 0.15) is 6.04 Å². The van der Waals surface area contributed by atoms with Gasteiger partial charge in [-0.05, 0) is 45.8 Å². The van der Waals surface area contributed by atoms with Gasteiger partial charge in [0.2, 0.25) is 5.91 Å². The van der Waals surface area contributed by atoms with Crippen molar-refractivity contribution >= 4 is 27.5 Å². The SMILES string of the molecule is COc1ccc(C(Nc2ccccc2Br)C(N)=O)cc1F. The molecule has 1 unspecified atom stereocenters. The number of nitrogens with one attached hydrogen (secondary N) is 1. The summed E-state index contributed by atoms with van der Waals surface area (Å²) >= 11 is 3.38. The number of anilines is 1. The van der Waals surface area contributed by atoms with Gasteiger partial charge in [-0.2, -0.15) is 0 Å². The molecule has 3 N–H and O–H groups in total. The lowest BCUT2D eigenvalue weighted by atomic mass is 10.1. The van der Waals surface area contributed by atoms with Gasteiger partial charge in [-0.15, -0.1) is 0 Å². The third-order valence-corrected chi connectivity index (χ3v) is 3.66. The molecule has 0 bridgehead atoms. The smallest absolute Gasteiger partial charge is 0.244 e. The Kier molecular flexibility index (Phi) is 4.80. The number of ether oxygens (including phenoxy) is 1. The Morgan fingerprint density at radius 3 is 2.62 bits per heavy atom. The molecule has 110 valence electrons. The van der Waals surface area contributed by atoms with Gasteiger partial charge in [0.15, 0.2) is 11.6 Å². The van der Waals surface area contributed by atoms with E-state index in [4.69, 9.17) is 10.5 Å². The van der Waals surface area contributed by atoms with Crippen LogP contribution in [0.1, 0.15) is 11.6 Å². The average molecular weight is 353 g/mol. The zero-order chi connectivity index (χ0) is 15.4. The minimum atomic E-state index is -0.843. The number of methoxy groups -OCH3 is 1. The molecule has 2 aromatic carbocycles. The topological polar surface area (TPSA) is 64.3 Å². The molecule has 0 spiro atoms. The second-order valence-electron chi connectivity index (χ2n) is 4.35. The van der Waals surface area contributed by atoms with E-state index in [1.807, 2.05) is 18.2 Å². The van der Waals surface area contributed by atoms with E-state index < -0.39 is 17.8 Å². The first-order chi connectivity index (χ1) is 10.0. The molecule has 0 aromatic heterocycles. The molecule has 21 heavy (non-hydrogen) atoms. The normalized spacial score (nSPS) is 11.8. The Morgan fingerprint density at radius 2 is 2.05 bits per heavy atom. The Balaban J connectivity index is 2.34. The van der Waals surface area contributed by atoms with Gasteiger partial charge in [0.05, 0.1) is 7.11 Å². The van der Waals surface area contributed by atoms with Gasteiger partial charge in [0.25, 0.3) is 0 Å². The quantitative estimate of drug-likeness (QED) is 0.868. The van der Waals surface area contributed by atoms with Gasteiger partial charge in [0, 0.05) is 10.2 Å². The monoisotopic (exact) mass is 352 g/mol. The average Bonchev–Trinajstić information content (AvgIpc) is 2.46. The van der Waals surface area contributed by atoms with E-state index in [1.54, 1.807) is 12.1 Å². The van der Waals surface area contributed by atoms with Crippen molar-refractivity contribution < 1.29 is 13.9 Å². The highest BCUT2D eigenvalue weighted by atomic mass is 79.9. The molecule has 0 heterocycles. The summed E-state index contributed by atoms with van der Waals surface area (Å²) in [5, 5.41) is 3.00. The van der Waals surface area contributed by atoms with E-state index in [2.05, 4.69) is 21.2 Å². The van der Waals surface area contributed by atoms with E-state index in [1.165, 1.54) is 19.2 Å². The first kappa shape index (κ1) is 15.3. The largest absolute Gasteiger partial charge is 0.494 e. The number of primary amides is 1. The number of nitrogens with two attached hydrogens (primary N) is 1. The van der Waals surface area contributed by atoms with Crippen molar-refractivity contribution in [3.8, 4) is 5.75 Å². The highest BCUT2D eigenvalue weighted by molar-refractivity contribution is 9.10. The molecule has 1 amide bonds. The Morgan fingerprint density at radius 1 is 1.33 bits per heavy atom. The molecule has 4 nitrogen and oxygen atoms in total. The third kappa shape index (κ3) is 3.52. The van der Waals surface area contributed by atoms with Gasteiger partial charge >= 0.3 is 0 Å². The number of amides is 1. The summed E-state index contributed by atoms with van der Waals surface area (Å²) < 4.78 is 19.4. The minimum absolute atomic E-state index is 0.114. The van der Waals surface area contributed by atoms with Crippen molar-refractivity contribution in [3.05, 3.63) is 58.3 Å². The summed E-state index contributed by atoms with van der Waals surface area (Å²) in [6.45, 7) is 0. The van der Waals surface area contributed by atoms with Crippen molar-refractivity contribution in [1.82, 2.24) is 0 Å². The minimum Gasteiger partial charge on any atom is -0.494 e. The predicted molar refractivity (Wildman–Crippen MR) is 82.7 cm³/mol. The van der Waals surface area contributed by atoms with Crippen LogP contribution in [0.4, 0.5) is 10.1 Å². The molecule has 0 saturated heterocycles. The number of carbonyl (C=O) groups excluding carboxylic acids is 1. The molecule has 0 aliphatic carbocycles.